The zero-order valence-electron chi connectivity index (χ0n) is 22.5. The maximum Gasteiger partial charge on any atom is 0.416 e. The number of ether oxygens (including phenoxy) is 1. The molecule has 0 radical (unpaired) electrons. The van der Waals surface area contributed by atoms with Crippen LogP contribution in [0.25, 0.3) is 0 Å². The van der Waals surface area contributed by atoms with E-state index < -0.39 is 52.9 Å². The molecule has 40 heavy (non-hydrogen) atoms. The van der Waals surface area contributed by atoms with E-state index in [0.29, 0.717) is 30.8 Å². The number of nitrogens with zero attached hydrogens (tertiary/aromatic N) is 2. The summed E-state index contributed by atoms with van der Waals surface area (Å²) >= 11 is 0. The van der Waals surface area contributed by atoms with Crippen molar-refractivity contribution in [3.05, 3.63) is 69.8 Å². The van der Waals surface area contributed by atoms with Crippen LogP contribution in [0.1, 0.15) is 67.2 Å². The molecule has 0 bridgehead atoms. The van der Waals surface area contributed by atoms with Gasteiger partial charge >= 0.3 is 18.5 Å². The van der Waals surface area contributed by atoms with Gasteiger partial charge in [-0.05, 0) is 81.4 Å². The average molecular weight is 587 g/mol. The SMILES string of the molecule is CCN(Cc1ccc(C(F)(F)F)cc1CN(C)C(C)C(OC=O)c1cc(C(F)(F)F)cc(C(F)(F)F)c1)C(C)C. The van der Waals surface area contributed by atoms with Crippen LogP contribution in [0.2, 0.25) is 0 Å². The van der Waals surface area contributed by atoms with Gasteiger partial charge < -0.3 is 4.74 Å². The van der Waals surface area contributed by atoms with E-state index in [1.807, 2.05) is 25.7 Å². The highest BCUT2D eigenvalue weighted by Gasteiger charge is 2.39. The molecule has 0 aliphatic rings. The molecule has 4 nitrogen and oxygen atoms in total. The number of hydrogen-bond acceptors (Lipinski definition) is 4. The normalized spacial score (nSPS) is 14.6. The van der Waals surface area contributed by atoms with Gasteiger partial charge in [0.25, 0.3) is 6.47 Å². The molecule has 2 atom stereocenters. The first-order valence-electron chi connectivity index (χ1n) is 12.3. The van der Waals surface area contributed by atoms with E-state index in [2.05, 4.69) is 0 Å². The lowest BCUT2D eigenvalue weighted by Crippen LogP contribution is -2.36. The topological polar surface area (TPSA) is 32.8 Å². The van der Waals surface area contributed by atoms with Crippen LogP contribution in [-0.4, -0.2) is 41.9 Å². The third-order valence-electron chi connectivity index (χ3n) is 6.74. The van der Waals surface area contributed by atoms with Gasteiger partial charge in [0.2, 0.25) is 0 Å². The summed E-state index contributed by atoms with van der Waals surface area (Å²) in [5.41, 5.74) is -3.81. The van der Waals surface area contributed by atoms with E-state index in [1.165, 1.54) is 24.9 Å². The van der Waals surface area contributed by atoms with E-state index in [1.54, 1.807) is 0 Å². The number of carbonyl (C=O) groups excluding carboxylic acids is 1. The van der Waals surface area contributed by atoms with Gasteiger partial charge in [-0.15, -0.1) is 0 Å². The van der Waals surface area contributed by atoms with Gasteiger partial charge in [-0.25, -0.2) is 0 Å². The lowest BCUT2D eigenvalue weighted by molar-refractivity contribution is -0.143. The molecule has 0 heterocycles. The van der Waals surface area contributed by atoms with Crippen molar-refractivity contribution < 1.29 is 49.0 Å². The highest BCUT2D eigenvalue weighted by molar-refractivity contribution is 5.41. The molecule has 13 heteroatoms. The van der Waals surface area contributed by atoms with Crippen molar-refractivity contribution in [1.82, 2.24) is 9.80 Å². The second kappa shape index (κ2) is 12.8. The molecular formula is C27H31F9N2O2. The van der Waals surface area contributed by atoms with E-state index in [9.17, 15) is 44.3 Å². The van der Waals surface area contributed by atoms with Crippen molar-refractivity contribution in [1.29, 1.82) is 0 Å². The summed E-state index contributed by atoms with van der Waals surface area (Å²) in [5, 5.41) is 0. The first kappa shape index (κ1) is 33.4. The smallest absolute Gasteiger partial charge is 0.416 e. The lowest BCUT2D eigenvalue weighted by Gasteiger charge is -2.33. The number of alkyl halides is 9. The highest BCUT2D eigenvalue weighted by atomic mass is 19.4. The van der Waals surface area contributed by atoms with Crippen molar-refractivity contribution in [3.8, 4) is 0 Å². The molecule has 224 valence electrons. The number of carbonyl (C=O) groups is 1. The van der Waals surface area contributed by atoms with Crippen LogP contribution in [0.15, 0.2) is 36.4 Å². The van der Waals surface area contributed by atoms with Crippen LogP contribution in [0.5, 0.6) is 0 Å². The minimum atomic E-state index is -5.12. The standard InChI is InChI=1S/C27H31F9N2O2/c1-6-38(16(2)3)14-18-7-8-21(25(28,29)30)11-20(18)13-37(5)17(4)24(40-15-39)19-9-22(26(31,32)33)12-23(10-19)27(34,35)36/h7-12,15-17,24H,6,13-14H2,1-5H3. The third kappa shape index (κ3) is 8.60. The zero-order chi connectivity index (χ0) is 30.6. The summed E-state index contributed by atoms with van der Waals surface area (Å²) in [6.07, 6.45) is -16.5. The zero-order valence-corrected chi connectivity index (χ0v) is 22.5. The maximum atomic E-state index is 13.5. The van der Waals surface area contributed by atoms with Gasteiger partial charge in [0.05, 0.1) is 16.7 Å². The Morgan fingerprint density at radius 3 is 1.73 bits per heavy atom. The molecule has 0 aromatic heterocycles. The molecule has 0 saturated heterocycles. The number of rotatable bonds is 11. The van der Waals surface area contributed by atoms with Crippen molar-refractivity contribution >= 4 is 6.47 Å². The Hall–Kier alpha value is -2.80. The Morgan fingerprint density at radius 2 is 1.30 bits per heavy atom. The average Bonchev–Trinajstić information content (AvgIpc) is 2.83. The van der Waals surface area contributed by atoms with Gasteiger partial charge in [-0.3, -0.25) is 14.6 Å². The molecule has 0 fully saturated rings. The van der Waals surface area contributed by atoms with Gasteiger partial charge in [0, 0.05) is 25.2 Å². The fourth-order valence-electron chi connectivity index (χ4n) is 4.30. The van der Waals surface area contributed by atoms with Crippen LogP contribution in [0.3, 0.4) is 0 Å². The molecule has 0 saturated carbocycles. The summed E-state index contributed by atoms with van der Waals surface area (Å²) in [4.78, 5) is 14.7. The largest absolute Gasteiger partial charge is 0.458 e. The van der Waals surface area contributed by atoms with Crippen molar-refractivity contribution in [3.63, 3.8) is 0 Å². The molecular weight excluding hydrogens is 555 g/mol. The summed E-state index contributed by atoms with van der Waals surface area (Å²) < 4.78 is 126. The van der Waals surface area contributed by atoms with Gasteiger partial charge in [0.1, 0.15) is 6.10 Å². The van der Waals surface area contributed by atoms with Crippen molar-refractivity contribution in [2.45, 2.75) is 77.5 Å². The molecule has 2 aromatic rings. The van der Waals surface area contributed by atoms with Gasteiger partial charge in [-0.2, -0.15) is 39.5 Å². The Morgan fingerprint density at radius 1 is 0.775 bits per heavy atom. The molecule has 0 amide bonds. The summed E-state index contributed by atoms with van der Waals surface area (Å²) in [7, 11) is 1.42. The monoisotopic (exact) mass is 586 g/mol. The predicted octanol–water partition coefficient (Wildman–Crippen LogP) is 7.71. The Kier molecular flexibility index (Phi) is 10.7. The molecule has 0 aliphatic heterocycles. The molecule has 2 unspecified atom stereocenters. The molecule has 0 aliphatic carbocycles. The van der Waals surface area contributed by atoms with E-state index in [4.69, 9.17) is 4.74 Å². The second-order valence-electron chi connectivity index (χ2n) is 9.79. The number of likely N-dealkylation sites (N-methyl/N-ethyl adjacent to an activating group) is 1. The van der Waals surface area contributed by atoms with Crippen LogP contribution >= 0.6 is 0 Å². The van der Waals surface area contributed by atoms with E-state index in [0.717, 1.165) is 12.1 Å². The second-order valence-corrected chi connectivity index (χ2v) is 9.79. The summed E-state index contributed by atoms with van der Waals surface area (Å²) in [6.45, 7) is 7.78. The fourth-order valence-corrected chi connectivity index (χ4v) is 4.30. The van der Waals surface area contributed by atoms with Gasteiger partial charge in [-0.1, -0.05) is 13.0 Å². The third-order valence-corrected chi connectivity index (χ3v) is 6.74. The Bertz CT molecular complexity index is 1110. The predicted molar refractivity (Wildman–Crippen MR) is 130 cm³/mol. The Labute approximate surface area is 226 Å². The summed E-state index contributed by atoms with van der Waals surface area (Å²) in [6, 6.07) is 3.19. The quantitative estimate of drug-likeness (QED) is 0.200. The first-order valence-corrected chi connectivity index (χ1v) is 12.3. The minimum absolute atomic E-state index is 0.0427. The maximum absolute atomic E-state index is 13.5. The number of hydrogen-bond donors (Lipinski definition) is 0. The fraction of sp³-hybridized carbons (Fsp3) is 0.519. The minimum Gasteiger partial charge on any atom is -0.458 e. The molecule has 2 aromatic carbocycles. The molecule has 0 N–H and O–H groups in total. The van der Waals surface area contributed by atoms with Crippen LogP contribution in [-0.2, 0) is 41.1 Å². The Balaban J connectivity index is 2.54. The van der Waals surface area contributed by atoms with Crippen molar-refractivity contribution in [2.24, 2.45) is 0 Å². The molecule has 2 rings (SSSR count). The van der Waals surface area contributed by atoms with Crippen molar-refractivity contribution in [2.75, 3.05) is 13.6 Å². The molecule has 0 spiro atoms. The van der Waals surface area contributed by atoms with E-state index in [-0.39, 0.29) is 30.7 Å². The van der Waals surface area contributed by atoms with Gasteiger partial charge in [0.15, 0.2) is 0 Å². The van der Waals surface area contributed by atoms with E-state index >= 15 is 0 Å². The summed E-state index contributed by atoms with van der Waals surface area (Å²) in [5.74, 6) is 0. The lowest BCUT2D eigenvalue weighted by atomic mass is 9.96. The highest BCUT2D eigenvalue weighted by Crippen LogP contribution is 2.39. The van der Waals surface area contributed by atoms with Crippen LogP contribution < -0.4 is 0 Å². The number of halogens is 9. The first-order chi connectivity index (χ1) is 18.3. The van der Waals surface area contributed by atoms with Crippen LogP contribution in [0.4, 0.5) is 39.5 Å². The van der Waals surface area contributed by atoms with Crippen LogP contribution in [0, 0.1) is 0 Å². The number of benzene rings is 2.